The molecule has 1 aliphatic carbocycles. The minimum Gasteiger partial charge on any atom is -0.508 e. The van der Waals surface area contributed by atoms with Gasteiger partial charge in [0.15, 0.2) is 5.82 Å². The molecule has 0 spiro atoms. The molecule has 7 rings (SSSR count). The normalized spacial score (nSPS) is 19.2. The summed E-state index contributed by atoms with van der Waals surface area (Å²) in [5.74, 6) is 2.83. The van der Waals surface area contributed by atoms with Crippen molar-refractivity contribution in [1.82, 2.24) is 14.9 Å². The van der Waals surface area contributed by atoms with Gasteiger partial charge in [0.2, 0.25) is 0 Å². The number of aryl methyl sites for hydroxylation is 1. The van der Waals surface area contributed by atoms with E-state index in [0.29, 0.717) is 45.8 Å². The number of phenolic OH excluding ortho intramolecular Hbond substituents is 1. The van der Waals surface area contributed by atoms with Crippen LogP contribution in [-0.4, -0.2) is 58.8 Å². The molecule has 1 saturated carbocycles. The number of phenols is 1. The van der Waals surface area contributed by atoms with E-state index >= 15 is 0 Å². The Hall–Kier alpha value is -4.16. The first kappa shape index (κ1) is 24.9. The molecule has 0 radical (unpaired) electrons. The third kappa shape index (κ3) is 4.14. The van der Waals surface area contributed by atoms with Crippen molar-refractivity contribution in [1.29, 1.82) is 0 Å². The van der Waals surface area contributed by atoms with E-state index < -0.39 is 11.4 Å². The van der Waals surface area contributed by atoms with Gasteiger partial charge < -0.3 is 19.2 Å². The smallest absolute Gasteiger partial charge is 0.349 e. The summed E-state index contributed by atoms with van der Waals surface area (Å²) in [4.78, 5) is 27.4. The summed E-state index contributed by atoms with van der Waals surface area (Å²) in [5, 5.41) is 11.7. The zero-order valence-corrected chi connectivity index (χ0v) is 22.2. The Morgan fingerprint density at radius 2 is 2.00 bits per heavy atom. The van der Waals surface area contributed by atoms with Crippen molar-refractivity contribution in [3.05, 3.63) is 51.6 Å². The van der Waals surface area contributed by atoms with Crippen LogP contribution in [0.2, 0.25) is 0 Å². The first-order valence-electron chi connectivity index (χ1n) is 13.8. The molecule has 0 unspecified atom stereocenters. The predicted octanol–water partition coefficient (Wildman–Crippen LogP) is 4.61. The lowest BCUT2D eigenvalue weighted by molar-refractivity contribution is 0.225. The summed E-state index contributed by atoms with van der Waals surface area (Å²) in [5.41, 5.74) is 0.675. The average molecular weight is 541 g/mol. The number of benzene rings is 2. The third-order valence-corrected chi connectivity index (χ3v) is 8.39. The fourth-order valence-corrected chi connectivity index (χ4v) is 6.00. The van der Waals surface area contributed by atoms with Crippen LogP contribution in [0.4, 0.5) is 10.2 Å². The predicted molar refractivity (Wildman–Crippen MR) is 150 cm³/mol. The Morgan fingerprint density at radius 1 is 1.18 bits per heavy atom. The van der Waals surface area contributed by atoms with Gasteiger partial charge >= 0.3 is 11.6 Å². The minimum atomic E-state index is -0.616. The number of hydrogen-bond acceptors (Lipinski definition) is 8. The Morgan fingerprint density at radius 3 is 2.73 bits per heavy atom. The van der Waals surface area contributed by atoms with E-state index in [1.54, 1.807) is 6.92 Å². The lowest BCUT2D eigenvalue weighted by Gasteiger charge is -2.32. The number of terminal acetylenes is 1. The zero-order chi connectivity index (χ0) is 27.5. The number of halogens is 1. The second kappa shape index (κ2) is 9.49. The van der Waals surface area contributed by atoms with Crippen LogP contribution < -0.4 is 15.3 Å². The topological polar surface area (TPSA) is 91.9 Å². The van der Waals surface area contributed by atoms with Gasteiger partial charge in [0.25, 0.3) is 0 Å². The summed E-state index contributed by atoms with van der Waals surface area (Å²) in [6.45, 7) is 5.94. The van der Waals surface area contributed by atoms with Crippen LogP contribution in [0.5, 0.6) is 11.8 Å². The van der Waals surface area contributed by atoms with Crippen LogP contribution in [0.15, 0.2) is 33.5 Å². The number of aromatic nitrogens is 2. The molecule has 2 saturated heterocycles. The highest BCUT2D eigenvalue weighted by Gasteiger charge is 2.35. The molecule has 1 N–H and O–H groups in total. The fraction of sp³-hybridized carbons (Fsp3) is 0.387. The summed E-state index contributed by atoms with van der Waals surface area (Å²) >= 11 is 0. The number of likely N-dealkylation sites (tertiary alicyclic amines) is 1. The van der Waals surface area contributed by atoms with Gasteiger partial charge in [-0.2, -0.15) is 9.97 Å². The molecule has 2 aromatic heterocycles. The summed E-state index contributed by atoms with van der Waals surface area (Å²) in [6.07, 6.45) is 10.3. The van der Waals surface area contributed by atoms with E-state index in [1.807, 2.05) is 4.90 Å². The molecule has 204 valence electrons. The van der Waals surface area contributed by atoms with Gasteiger partial charge in [-0.1, -0.05) is 12.0 Å². The van der Waals surface area contributed by atoms with Crippen molar-refractivity contribution in [2.75, 3.05) is 37.7 Å². The SMILES string of the molecule is C#Cc1c(F)ccc2cc(O)cc(-c3oc(=O)c4c(N5CCC5)nc(OC[C@H]5CCN(C6CC6)C5)nc4c3C)c12. The summed E-state index contributed by atoms with van der Waals surface area (Å²) in [6, 6.07) is 6.67. The quantitative estimate of drug-likeness (QED) is 0.355. The standard InChI is InChI=1S/C31H29FN4O4/c1-3-22-24(32)8-5-19-13-21(37)14-23(25(19)22)28-17(2)27-26(30(38)40-28)29(35-10-4-11-35)34-31(33-27)39-16-18-9-12-36(15-18)20-6-7-20/h1,5,8,13-14,18,20,37H,4,6-7,9-12,15-16H2,2H3/t18-/m0/s1. The first-order valence-corrected chi connectivity index (χ1v) is 13.8. The van der Waals surface area contributed by atoms with Gasteiger partial charge in [0.1, 0.15) is 22.7 Å². The molecule has 0 amide bonds. The highest BCUT2D eigenvalue weighted by Crippen LogP contribution is 2.39. The Kier molecular flexibility index (Phi) is 5.90. The molecule has 2 aromatic carbocycles. The minimum absolute atomic E-state index is 0.0272. The van der Waals surface area contributed by atoms with Gasteiger partial charge in [-0.15, -0.1) is 6.42 Å². The molecule has 8 nitrogen and oxygen atoms in total. The van der Waals surface area contributed by atoms with Gasteiger partial charge in [0.05, 0.1) is 17.7 Å². The van der Waals surface area contributed by atoms with Crippen LogP contribution in [0.25, 0.3) is 33.0 Å². The number of fused-ring (bicyclic) bond motifs is 2. The molecule has 3 aliphatic rings. The highest BCUT2D eigenvalue weighted by atomic mass is 19.1. The second-order valence-electron chi connectivity index (χ2n) is 11.1. The van der Waals surface area contributed by atoms with Gasteiger partial charge in [0, 0.05) is 48.1 Å². The Balaban J connectivity index is 1.36. The summed E-state index contributed by atoms with van der Waals surface area (Å²) in [7, 11) is 0. The van der Waals surface area contributed by atoms with E-state index in [1.165, 1.54) is 37.1 Å². The number of aromatic hydroxyl groups is 1. The zero-order valence-electron chi connectivity index (χ0n) is 22.2. The van der Waals surface area contributed by atoms with Crippen molar-refractivity contribution in [3.8, 4) is 35.4 Å². The van der Waals surface area contributed by atoms with E-state index in [4.69, 9.17) is 20.6 Å². The van der Waals surface area contributed by atoms with Crippen LogP contribution >= 0.6 is 0 Å². The number of rotatable bonds is 6. The largest absolute Gasteiger partial charge is 0.508 e. The third-order valence-electron chi connectivity index (χ3n) is 8.39. The highest BCUT2D eigenvalue weighted by molar-refractivity contribution is 6.03. The molecule has 4 heterocycles. The molecule has 2 aliphatic heterocycles. The maximum Gasteiger partial charge on any atom is 0.349 e. The fourth-order valence-electron chi connectivity index (χ4n) is 6.00. The molecule has 3 fully saturated rings. The average Bonchev–Trinajstić information content (AvgIpc) is 3.65. The number of hydrogen-bond donors (Lipinski definition) is 1. The van der Waals surface area contributed by atoms with Crippen molar-refractivity contribution < 1.29 is 18.7 Å². The van der Waals surface area contributed by atoms with Crippen molar-refractivity contribution in [2.45, 2.75) is 38.6 Å². The number of nitrogens with zero attached hydrogens (tertiary/aromatic N) is 4. The second-order valence-corrected chi connectivity index (χ2v) is 11.1. The first-order chi connectivity index (χ1) is 19.4. The molecular formula is C31H29FN4O4. The van der Waals surface area contributed by atoms with Crippen molar-refractivity contribution >= 4 is 27.5 Å². The Bertz CT molecular complexity index is 1770. The molecular weight excluding hydrogens is 511 g/mol. The van der Waals surface area contributed by atoms with Gasteiger partial charge in [-0.05, 0) is 62.7 Å². The van der Waals surface area contributed by atoms with E-state index in [9.17, 15) is 14.3 Å². The van der Waals surface area contributed by atoms with Gasteiger partial charge in [-0.25, -0.2) is 9.18 Å². The Labute approximate surface area is 230 Å². The maximum atomic E-state index is 14.7. The van der Waals surface area contributed by atoms with Gasteiger partial charge in [-0.3, -0.25) is 4.90 Å². The van der Waals surface area contributed by atoms with Crippen LogP contribution in [0, 0.1) is 31.0 Å². The lowest BCUT2D eigenvalue weighted by atomic mass is 9.95. The monoisotopic (exact) mass is 540 g/mol. The van der Waals surface area contributed by atoms with E-state index in [2.05, 4.69) is 15.8 Å². The van der Waals surface area contributed by atoms with Crippen LogP contribution in [-0.2, 0) is 0 Å². The molecule has 9 heteroatoms. The van der Waals surface area contributed by atoms with Crippen molar-refractivity contribution in [3.63, 3.8) is 0 Å². The maximum absolute atomic E-state index is 14.7. The molecule has 0 bridgehead atoms. The van der Waals surface area contributed by atoms with Crippen LogP contribution in [0.3, 0.4) is 0 Å². The molecule has 40 heavy (non-hydrogen) atoms. The van der Waals surface area contributed by atoms with Crippen LogP contribution in [0.1, 0.15) is 36.8 Å². The summed E-state index contributed by atoms with van der Waals surface area (Å²) < 4.78 is 26.8. The molecule has 4 aromatic rings. The lowest BCUT2D eigenvalue weighted by Crippen LogP contribution is -2.38. The number of ether oxygens (including phenoxy) is 1. The molecule has 1 atom stereocenters. The van der Waals surface area contributed by atoms with Crippen molar-refractivity contribution in [2.24, 2.45) is 5.92 Å². The number of anilines is 1. The van der Waals surface area contributed by atoms with E-state index in [0.717, 1.165) is 45.1 Å². The van der Waals surface area contributed by atoms with E-state index in [-0.39, 0.29) is 28.5 Å².